The number of ether oxygens (including phenoxy) is 1. The molecule has 1 saturated carbocycles. The molecule has 0 heterocycles. The van der Waals surface area contributed by atoms with Crippen molar-refractivity contribution in [3.05, 3.63) is 28.3 Å². The van der Waals surface area contributed by atoms with Gasteiger partial charge in [-0.3, -0.25) is 10.1 Å². The minimum atomic E-state index is -0.463. The Morgan fingerprint density at radius 2 is 2.10 bits per heavy atom. The smallest absolute Gasteiger partial charge is 0.333 e. The molecule has 0 aliphatic heterocycles. The van der Waals surface area contributed by atoms with Crippen LogP contribution in [-0.4, -0.2) is 29.3 Å². The van der Waals surface area contributed by atoms with E-state index in [1.807, 2.05) is 0 Å². The summed E-state index contributed by atoms with van der Waals surface area (Å²) in [6, 6.07) is 4.94. The second kappa shape index (κ2) is 6.09. The van der Waals surface area contributed by atoms with Gasteiger partial charge in [0.15, 0.2) is 5.75 Å². The van der Waals surface area contributed by atoms with E-state index in [0.29, 0.717) is 5.69 Å². The molecule has 0 aromatic heterocycles. The van der Waals surface area contributed by atoms with Gasteiger partial charge in [0.1, 0.15) is 5.69 Å². The highest BCUT2D eigenvalue weighted by Gasteiger charge is 2.34. The second-order valence-corrected chi connectivity index (χ2v) is 5.24. The molecule has 0 radical (unpaired) electrons. The standard InChI is InChI=1S/C14H20N2O4/c1-20-12-7-5-6-11(13(12)16(18)19)15-14(10-17)8-3-2-4-9-14/h5-7,15,17H,2-4,8-10H2,1H3. The molecule has 20 heavy (non-hydrogen) atoms. The lowest BCUT2D eigenvalue weighted by molar-refractivity contribution is -0.384. The molecule has 1 aliphatic rings. The number of nitrogens with zero attached hydrogens (tertiary/aromatic N) is 1. The predicted molar refractivity (Wildman–Crippen MR) is 76.2 cm³/mol. The van der Waals surface area contributed by atoms with Crippen LogP contribution < -0.4 is 10.1 Å². The first-order chi connectivity index (χ1) is 9.62. The first kappa shape index (κ1) is 14.6. The number of methoxy groups -OCH3 is 1. The van der Waals surface area contributed by atoms with Crippen LogP contribution in [0.25, 0.3) is 0 Å². The van der Waals surface area contributed by atoms with Gasteiger partial charge in [-0.1, -0.05) is 25.3 Å². The molecule has 2 N–H and O–H groups in total. The van der Waals surface area contributed by atoms with Crippen LogP contribution in [-0.2, 0) is 0 Å². The van der Waals surface area contributed by atoms with Crippen LogP contribution in [0.4, 0.5) is 11.4 Å². The highest BCUT2D eigenvalue weighted by atomic mass is 16.6. The molecule has 0 amide bonds. The normalized spacial score (nSPS) is 17.5. The molecule has 6 nitrogen and oxygen atoms in total. The predicted octanol–water partition coefficient (Wildman–Crippen LogP) is 2.71. The molecule has 0 spiro atoms. The fourth-order valence-electron chi connectivity index (χ4n) is 2.81. The third-order valence-corrected chi connectivity index (χ3v) is 3.91. The van der Waals surface area contributed by atoms with Crippen LogP contribution in [0, 0.1) is 10.1 Å². The summed E-state index contributed by atoms with van der Waals surface area (Å²) in [7, 11) is 1.41. The lowest BCUT2D eigenvalue weighted by Crippen LogP contribution is -2.44. The minimum absolute atomic E-state index is 0.0264. The Kier molecular flexibility index (Phi) is 4.44. The molecule has 1 aliphatic carbocycles. The van der Waals surface area contributed by atoms with Crippen LogP contribution in [0.5, 0.6) is 5.75 Å². The molecule has 0 saturated heterocycles. The van der Waals surface area contributed by atoms with Gasteiger partial charge in [-0.15, -0.1) is 0 Å². The van der Waals surface area contributed by atoms with Gasteiger partial charge in [0.2, 0.25) is 0 Å². The Bertz CT molecular complexity index is 484. The zero-order valence-electron chi connectivity index (χ0n) is 11.6. The number of benzene rings is 1. The van der Waals surface area contributed by atoms with Crippen LogP contribution in [0.1, 0.15) is 32.1 Å². The fourth-order valence-corrected chi connectivity index (χ4v) is 2.81. The number of anilines is 1. The van der Waals surface area contributed by atoms with E-state index in [-0.39, 0.29) is 18.0 Å². The molecule has 0 bridgehead atoms. The van der Waals surface area contributed by atoms with E-state index in [4.69, 9.17) is 4.74 Å². The van der Waals surface area contributed by atoms with E-state index in [9.17, 15) is 15.2 Å². The molecule has 2 rings (SSSR count). The average molecular weight is 280 g/mol. The Labute approximate surface area is 117 Å². The Balaban J connectivity index is 2.34. The summed E-state index contributed by atoms with van der Waals surface area (Å²) >= 11 is 0. The Morgan fingerprint density at radius 3 is 2.65 bits per heavy atom. The summed E-state index contributed by atoms with van der Waals surface area (Å²) in [5.74, 6) is 0.226. The van der Waals surface area contributed by atoms with Gasteiger partial charge < -0.3 is 15.2 Å². The van der Waals surface area contributed by atoms with E-state index in [1.54, 1.807) is 18.2 Å². The summed E-state index contributed by atoms with van der Waals surface area (Å²) in [5, 5.41) is 24.2. The van der Waals surface area contributed by atoms with Gasteiger partial charge in [-0.25, -0.2) is 0 Å². The van der Waals surface area contributed by atoms with Crippen molar-refractivity contribution in [2.24, 2.45) is 0 Å². The summed E-state index contributed by atoms with van der Waals surface area (Å²) < 4.78 is 5.06. The number of para-hydroxylation sites is 1. The Hall–Kier alpha value is -1.82. The molecular formula is C14H20N2O4. The van der Waals surface area contributed by atoms with Crippen molar-refractivity contribution in [1.29, 1.82) is 0 Å². The van der Waals surface area contributed by atoms with Gasteiger partial charge in [0.25, 0.3) is 0 Å². The van der Waals surface area contributed by atoms with Crippen LogP contribution in [0.3, 0.4) is 0 Å². The lowest BCUT2D eigenvalue weighted by Gasteiger charge is -2.37. The number of rotatable bonds is 5. The van der Waals surface area contributed by atoms with Gasteiger partial charge in [-0.05, 0) is 25.0 Å². The molecular weight excluding hydrogens is 260 g/mol. The summed E-state index contributed by atoms with van der Waals surface area (Å²) in [4.78, 5) is 10.8. The number of hydrogen-bond donors (Lipinski definition) is 2. The first-order valence-electron chi connectivity index (χ1n) is 6.82. The van der Waals surface area contributed by atoms with Gasteiger partial charge >= 0.3 is 5.69 Å². The summed E-state index contributed by atoms with van der Waals surface area (Å²) in [5.41, 5.74) is -0.131. The number of aliphatic hydroxyl groups excluding tert-OH is 1. The van der Waals surface area contributed by atoms with Crippen molar-refractivity contribution in [2.75, 3.05) is 19.0 Å². The summed E-state index contributed by atoms with van der Waals surface area (Å²) in [6.45, 7) is -0.0264. The van der Waals surface area contributed by atoms with E-state index in [2.05, 4.69) is 5.32 Å². The maximum absolute atomic E-state index is 11.3. The highest BCUT2D eigenvalue weighted by Crippen LogP contribution is 2.39. The number of hydrogen-bond acceptors (Lipinski definition) is 5. The van der Waals surface area contributed by atoms with Crippen molar-refractivity contribution in [1.82, 2.24) is 0 Å². The largest absolute Gasteiger partial charge is 0.490 e. The second-order valence-electron chi connectivity index (χ2n) is 5.24. The van der Waals surface area contributed by atoms with Crippen molar-refractivity contribution in [3.8, 4) is 5.75 Å². The van der Waals surface area contributed by atoms with Crippen LogP contribution in [0.2, 0.25) is 0 Å². The van der Waals surface area contributed by atoms with E-state index in [1.165, 1.54) is 7.11 Å². The number of nitro benzene ring substituents is 1. The van der Waals surface area contributed by atoms with Gasteiger partial charge in [0, 0.05) is 0 Å². The van der Waals surface area contributed by atoms with Gasteiger partial charge in [0.05, 0.1) is 24.2 Å². The molecule has 0 unspecified atom stereocenters. The van der Waals surface area contributed by atoms with Crippen LogP contribution in [0.15, 0.2) is 18.2 Å². The maximum Gasteiger partial charge on any atom is 0.333 e. The highest BCUT2D eigenvalue weighted by molar-refractivity contribution is 5.69. The van der Waals surface area contributed by atoms with E-state index >= 15 is 0 Å². The zero-order valence-corrected chi connectivity index (χ0v) is 11.6. The Morgan fingerprint density at radius 1 is 1.40 bits per heavy atom. The van der Waals surface area contributed by atoms with Crippen molar-refractivity contribution in [3.63, 3.8) is 0 Å². The van der Waals surface area contributed by atoms with Crippen molar-refractivity contribution < 1.29 is 14.8 Å². The van der Waals surface area contributed by atoms with E-state index < -0.39 is 10.5 Å². The summed E-state index contributed by atoms with van der Waals surface area (Å²) in [6.07, 6.45) is 4.82. The molecule has 6 heteroatoms. The molecule has 1 aromatic carbocycles. The number of nitrogens with one attached hydrogen (secondary N) is 1. The third-order valence-electron chi connectivity index (χ3n) is 3.91. The number of aliphatic hydroxyl groups is 1. The molecule has 110 valence electrons. The topological polar surface area (TPSA) is 84.6 Å². The SMILES string of the molecule is COc1cccc(NC2(CO)CCCCC2)c1[N+](=O)[O-]. The third kappa shape index (κ3) is 2.85. The first-order valence-corrected chi connectivity index (χ1v) is 6.82. The monoisotopic (exact) mass is 280 g/mol. The average Bonchev–Trinajstić information content (AvgIpc) is 2.47. The lowest BCUT2D eigenvalue weighted by atomic mass is 9.82. The maximum atomic E-state index is 11.3. The van der Waals surface area contributed by atoms with Gasteiger partial charge in [-0.2, -0.15) is 0 Å². The van der Waals surface area contributed by atoms with Crippen molar-refractivity contribution in [2.45, 2.75) is 37.6 Å². The number of nitro groups is 1. The zero-order chi connectivity index (χ0) is 14.6. The molecule has 0 atom stereocenters. The van der Waals surface area contributed by atoms with Crippen molar-refractivity contribution >= 4 is 11.4 Å². The fraction of sp³-hybridized carbons (Fsp3) is 0.571. The van der Waals surface area contributed by atoms with E-state index in [0.717, 1.165) is 32.1 Å². The quantitative estimate of drug-likeness (QED) is 0.640. The molecule has 1 fully saturated rings. The minimum Gasteiger partial charge on any atom is -0.490 e. The van der Waals surface area contributed by atoms with Crippen LogP contribution >= 0.6 is 0 Å². The molecule has 1 aromatic rings.